The summed E-state index contributed by atoms with van der Waals surface area (Å²) in [5, 5.41) is 3.47. The van der Waals surface area contributed by atoms with E-state index < -0.39 is 11.8 Å². The fraction of sp³-hybridized carbons (Fsp3) is 0.481. The fourth-order valence-corrected chi connectivity index (χ4v) is 5.36. The molecular weight excluding hydrogens is 417 g/mol. The van der Waals surface area contributed by atoms with E-state index in [0.29, 0.717) is 28.8 Å². The quantitative estimate of drug-likeness (QED) is 0.325. The molecule has 0 saturated heterocycles. The number of anilines is 2. The molecule has 1 aromatic heterocycles. The Morgan fingerprint density at radius 2 is 1.91 bits per heavy atom. The SMILES string of the molecule is CC(=O)Oc1cc2nc(Nc3ccc(C(C)C)cc3)n([C@H]3C[C@@H](C)CC(C)(C)C3)c2cc1F. The molecular formula is C27H34FN3O2. The molecule has 1 fully saturated rings. The van der Waals surface area contributed by atoms with E-state index in [1.165, 1.54) is 31.0 Å². The molecule has 0 unspecified atom stereocenters. The number of nitrogens with one attached hydrogen (secondary N) is 1. The number of imidazole rings is 1. The summed E-state index contributed by atoms with van der Waals surface area (Å²) >= 11 is 0. The topological polar surface area (TPSA) is 56.1 Å². The lowest BCUT2D eigenvalue weighted by Gasteiger charge is -2.40. The largest absolute Gasteiger partial charge is 0.423 e. The summed E-state index contributed by atoms with van der Waals surface area (Å²) in [4.78, 5) is 16.2. The molecule has 1 heterocycles. The van der Waals surface area contributed by atoms with Gasteiger partial charge in [-0.15, -0.1) is 0 Å². The predicted molar refractivity (Wildman–Crippen MR) is 131 cm³/mol. The number of ether oxygens (including phenoxy) is 1. The molecule has 176 valence electrons. The lowest BCUT2D eigenvalue weighted by atomic mass is 9.70. The third-order valence-electron chi connectivity index (χ3n) is 6.56. The van der Waals surface area contributed by atoms with E-state index in [-0.39, 0.29) is 17.2 Å². The number of nitrogens with zero attached hydrogens (tertiary/aromatic N) is 2. The van der Waals surface area contributed by atoms with E-state index in [2.05, 4.69) is 68.8 Å². The summed E-state index contributed by atoms with van der Waals surface area (Å²) in [5.41, 5.74) is 3.69. The molecule has 1 aliphatic carbocycles. The lowest BCUT2D eigenvalue weighted by Crippen LogP contribution is -2.29. The van der Waals surface area contributed by atoms with Gasteiger partial charge in [-0.3, -0.25) is 4.79 Å². The molecule has 1 N–H and O–H groups in total. The maximum atomic E-state index is 14.9. The molecule has 4 rings (SSSR count). The molecule has 2 aromatic carbocycles. The van der Waals surface area contributed by atoms with Gasteiger partial charge in [-0.25, -0.2) is 9.37 Å². The summed E-state index contributed by atoms with van der Waals surface area (Å²) in [7, 11) is 0. The van der Waals surface area contributed by atoms with Crippen molar-refractivity contribution in [2.45, 2.75) is 72.8 Å². The number of esters is 1. The van der Waals surface area contributed by atoms with E-state index in [0.717, 1.165) is 18.5 Å². The minimum Gasteiger partial charge on any atom is -0.423 e. The summed E-state index contributed by atoms with van der Waals surface area (Å²) in [5.74, 6) is 0.479. The third kappa shape index (κ3) is 5.05. The van der Waals surface area contributed by atoms with Crippen molar-refractivity contribution in [2.75, 3.05) is 5.32 Å². The van der Waals surface area contributed by atoms with Gasteiger partial charge in [0.1, 0.15) is 0 Å². The highest BCUT2D eigenvalue weighted by atomic mass is 19.1. The molecule has 2 atom stereocenters. The van der Waals surface area contributed by atoms with E-state index in [1.54, 1.807) is 0 Å². The van der Waals surface area contributed by atoms with Crippen molar-refractivity contribution < 1.29 is 13.9 Å². The van der Waals surface area contributed by atoms with Crippen molar-refractivity contribution in [3.63, 3.8) is 0 Å². The van der Waals surface area contributed by atoms with Crippen molar-refractivity contribution in [1.29, 1.82) is 0 Å². The van der Waals surface area contributed by atoms with Gasteiger partial charge >= 0.3 is 5.97 Å². The maximum absolute atomic E-state index is 14.9. The normalized spacial score (nSPS) is 20.2. The summed E-state index contributed by atoms with van der Waals surface area (Å²) in [6.45, 7) is 12.5. The number of hydrogen-bond donors (Lipinski definition) is 1. The first-order valence-electron chi connectivity index (χ1n) is 11.8. The van der Waals surface area contributed by atoms with Gasteiger partial charge in [0.2, 0.25) is 5.95 Å². The number of benzene rings is 2. The van der Waals surface area contributed by atoms with Gasteiger partial charge < -0.3 is 14.6 Å². The second-order valence-corrected chi connectivity index (χ2v) is 10.6. The number of halogens is 1. The first-order valence-corrected chi connectivity index (χ1v) is 11.8. The Kier molecular flexibility index (Phi) is 6.21. The Morgan fingerprint density at radius 1 is 1.21 bits per heavy atom. The molecule has 1 aliphatic rings. The van der Waals surface area contributed by atoms with Crippen molar-refractivity contribution in [2.24, 2.45) is 11.3 Å². The number of hydrogen-bond acceptors (Lipinski definition) is 4. The Balaban J connectivity index is 1.81. The second kappa shape index (κ2) is 8.81. The van der Waals surface area contributed by atoms with Crippen LogP contribution in [0.25, 0.3) is 11.0 Å². The highest BCUT2D eigenvalue weighted by molar-refractivity contribution is 5.82. The standard InChI is InChI=1S/C27H34FN3O2/c1-16(2)19-7-9-20(10-8-19)29-26-30-23-13-25(33-18(4)32)22(28)12-24(23)31(26)21-11-17(3)14-27(5,6)15-21/h7-10,12-13,16-17,21H,11,14-15H2,1-6H3,(H,29,30)/t17-,21+/m1/s1. The summed E-state index contributed by atoms with van der Waals surface area (Å²) in [6, 6.07) is 11.5. The maximum Gasteiger partial charge on any atom is 0.308 e. The molecule has 6 heteroatoms. The van der Waals surface area contributed by atoms with Crippen LogP contribution in [0, 0.1) is 17.2 Å². The van der Waals surface area contributed by atoms with E-state index in [9.17, 15) is 9.18 Å². The number of rotatable bonds is 5. The van der Waals surface area contributed by atoms with Gasteiger partial charge in [0, 0.05) is 30.8 Å². The Morgan fingerprint density at radius 3 is 2.52 bits per heavy atom. The van der Waals surface area contributed by atoms with Gasteiger partial charge in [0.25, 0.3) is 0 Å². The monoisotopic (exact) mass is 451 g/mol. The van der Waals surface area contributed by atoms with Crippen LogP contribution in [0.4, 0.5) is 16.0 Å². The predicted octanol–water partition coefficient (Wildman–Crippen LogP) is 7.36. The first kappa shape index (κ1) is 23.3. The van der Waals surface area contributed by atoms with Crippen LogP contribution in [-0.2, 0) is 4.79 Å². The molecule has 3 aromatic rings. The van der Waals surface area contributed by atoms with Crippen molar-refractivity contribution in [1.82, 2.24) is 9.55 Å². The Bertz CT molecular complexity index is 1160. The highest BCUT2D eigenvalue weighted by Crippen LogP contribution is 2.46. The van der Waals surface area contributed by atoms with Gasteiger partial charge in [-0.1, -0.05) is 46.8 Å². The van der Waals surface area contributed by atoms with Crippen LogP contribution in [0.5, 0.6) is 5.75 Å². The number of carbonyl (C=O) groups is 1. The summed E-state index contributed by atoms with van der Waals surface area (Å²) < 4.78 is 22.1. The zero-order chi connectivity index (χ0) is 23.9. The molecule has 0 spiro atoms. The van der Waals surface area contributed by atoms with E-state index in [4.69, 9.17) is 9.72 Å². The van der Waals surface area contributed by atoms with Gasteiger partial charge in [-0.2, -0.15) is 0 Å². The van der Waals surface area contributed by atoms with Crippen molar-refractivity contribution >= 4 is 28.6 Å². The molecule has 0 aliphatic heterocycles. The summed E-state index contributed by atoms with van der Waals surface area (Å²) in [6.07, 6.45) is 3.15. The van der Waals surface area contributed by atoms with Gasteiger partial charge in [0.05, 0.1) is 11.0 Å². The smallest absolute Gasteiger partial charge is 0.308 e. The van der Waals surface area contributed by atoms with Crippen molar-refractivity contribution in [3.8, 4) is 5.75 Å². The van der Waals surface area contributed by atoms with Crippen LogP contribution in [0.3, 0.4) is 0 Å². The zero-order valence-electron chi connectivity index (χ0n) is 20.4. The number of aromatic nitrogens is 2. The highest BCUT2D eigenvalue weighted by Gasteiger charge is 2.35. The Hall–Kier alpha value is -2.89. The minimum atomic E-state index is -0.560. The van der Waals surface area contributed by atoms with Crippen LogP contribution >= 0.6 is 0 Å². The molecule has 0 radical (unpaired) electrons. The zero-order valence-corrected chi connectivity index (χ0v) is 20.4. The van der Waals surface area contributed by atoms with Crippen LogP contribution in [0.15, 0.2) is 36.4 Å². The van der Waals surface area contributed by atoms with Crippen LogP contribution in [0.2, 0.25) is 0 Å². The molecule has 5 nitrogen and oxygen atoms in total. The first-order chi connectivity index (χ1) is 15.5. The Labute approximate surface area is 195 Å². The van der Waals surface area contributed by atoms with E-state index >= 15 is 0 Å². The minimum absolute atomic E-state index is 0.0928. The number of fused-ring (bicyclic) bond motifs is 1. The third-order valence-corrected chi connectivity index (χ3v) is 6.56. The average Bonchev–Trinajstić information content (AvgIpc) is 3.03. The van der Waals surface area contributed by atoms with E-state index in [1.807, 2.05) is 0 Å². The molecule has 33 heavy (non-hydrogen) atoms. The van der Waals surface area contributed by atoms with Gasteiger partial charge in [-0.05, 0) is 54.2 Å². The lowest BCUT2D eigenvalue weighted by molar-refractivity contribution is -0.132. The van der Waals surface area contributed by atoms with Crippen LogP contribution in [0.1, 0.15) is 78.3 Å². The molecule has 0 amide bonds. The molecule has 1 saturated carbocycles. The average molecular weight is 452 g/mol. The molecule has 0 bridgehead atoms. The van der Waals surface area contributed by atoms with Crippen LogP contribution < -0.4 is 10.1 Å². The van der Waals surface area contributed by atoms with Crippen LogP contribution in [-0.4, -0.2) is 15.5 Å². The fourth-order valence-electron chi connectivity index (χ4n) is 5.36. The van der Waals surface area contributed by atoms with Gasteiger partial charge in [0.15, 0.2) is 11.6 Å². The van der Waals surface area contributed by atoms with Crippen molar-refractivity contribution in [3.05, 3.63) is 47.8 Å². The number of carbonyl (C=O) groups excluding carboxylic acids is 1. The second-order valence-electron chi connectivity index (χ2n) is 10.6.